The van der Waals surface area contributed by atoms with Crippen molar-refractivity contribution in [1.82, 2.24) is 4.57 Å². The molecule has 0 aliphatic carbocycles. The molecule has 0 amide bonds. The lowest BCUT2D eigenvalue weighted by molar-refractivity contribution is 0.124. The Morgan fingerprint density at radius 2 is 1.06 bits per heavy atom. The maximum atomic E-state index is 15.4. The second kappa shape index (κ2) is 12.9. The Morgan fingerprint density at radius 1 is 0.556 bits per heavy atom. The molecular weight excluding hydrogens is 666 g/mol. The highest BCUT2D eigenvalue weighted by atomic mass is 19.1. The average molecular weight is 716 g/mol. The van der Waals surface area contributed by atoms with Crippen LogP contribution in [-0.2, 0) is 5.41 Å². The fourth-order valence-electron chi connectivity index (χ4n) is 9.14. The molecule has 2 heterocycles. The van der Waals surface area contributed by atoms with Crippen LogP contribution in [0.4, 0.5) is 4.39 Å². The van der Waals surface area contributed by atoms with Crippen molar-refractivity contribution in [2.75, 3.05) is 6.79 Å². The quantitative estimate of drug-likeness (QED) is 0.177. The number of aromatic nitrogens is 1. The molecule has 7 aromatic rings. The number of halogens is 1. The van der Waals surface area contributed by atoms with Crippen LogP contribution in [0.25, 0.3) is 60.9 Å². The van der Waals surface area contributed by atoms with Gasteiger partial charge in [0.1, 0.15) is 11.6 Å². The van der Waals surface area contributed by atoms with Gasteiger partial charge in [-0.2, -0.15) is 0 Å². The van der Waals surface area contributed by atoms with E-state index in [4.69, 9.17) is 9.47 Å². The molecule has 4 heteroatoms. The molecule has 54 heavy (non-hydrogen) atoms. The molecule has 1 aliphatic rings. The monoisotopic (exact) mass is 715 g/mol. The molecule has 1 aliphatic heterocycles. The minimum Gasteiger partial charge on any atom is -0.457 e. The van der Waals surface area contributed by atoms with Crippen molar-refractivity contribution in [2.45, 2.75) is 81.1 Å². The molecule has 6 aromatic carbocycles. The fourth-order valence-corrected chi connectivity index (χ4v) is 9.14. The predicted octanol–water partition coefficient (Wildman–Crippen LogP) is 13.9. The SMILES string of the molecule is Cc1cc(C)cc(-c2ccc3c4ccc(-c5cc(C)cc(C)c5)cc4n(-c4cc(C(C)(C)CC(C)(C)C)cc5c4OCOc4c(C)cc(F)cc4-5)c3c2)c1. The van der Waals surface area contributed by atoms with Gasteiger partial charge in [-0.15, -0.1) is 0 Å². The van der Waals surface area contributed by atoms with Gasteiger partial charge in [0.05, 0.1) is 16.7 Å². The molecule has 0 radical (unpaired) electrons. The lowest BCUT2D eigenvalue weighted by atomic mass is 9.71. The van der Waals surface area contributed by atoms with Crippen molar-refractivity contribution in [3.05, 3.63) is 136 Å². The van der Waals surface area contributed by atoms with Crippen LogP contribution in [0, 0.1) is 45.9 Å². The van der Waals surface area contributed by atoms with Crippen molar-refractivity contribution in [3.63, 3.8) is 0 Å². The van der Waals surface area contributed by atoms with Crippen LogP contribution in [0.2, 0.25) is 0 Å². The summed E-state index contributed by atoms with van der Waals surface area (Å²) in [5.74, 6) is 1.04. The van der Waals surface area contributed by atoms with Gasteiger partial charge in [0.25, 0.3) is 0 Å². The van der Waals surface area contributed by atoms with Gasteiger partial charge in [-0.1, -0.05) is 118 Å². The summed E-state index contributed by atoms with van der Waals surface area (Å²) in [7, 11) is 0. The van der Waals surface area contributed by atoms with Crippen LogP contribution in [0.3, 0.4) is 0 Å². The molecule has 1 aromatic heterocycles. The van der Waals surface area contributed by atoms with E-state index < -0.39 is 0 Å². The second-order valence-electron chi connectivity index (χ2n) is 17.6. The molecule has 0 spiro atoms. The summed E-state index contributed by atoms with van der Waals surface area (Å²) >= 11 is 0. The smallest absolute Gasteiger partial charge is 0.231 e. The van der Waals surface area contributed by atoms with Crippen molar-refractivity contribution < 1.29 is 13.9 Å². The Morgan fingerprint density at radius 3 is 1.57 bits per heavy atom. The van der Waals surface area contributed by atoms with Crippen molar-refractivity contribution in [2.24, 2.45) is 5.41 Å². The predicted molar refractivity (Wildman–Crippen MR) is 224 cm³/mol. The van der Waals surface area contributed by atoms with E-state index in [1.54, 1.807) is 6.07 Å². The van der Waals surface area contributed by atoms with Gasteiger partial charge in [-0.05, 0) is 122 Å². The van der Waals surface area contributed by atoms with E-state index in [1.807, 2.05) is 6.92 Å². The molecule has 0 saturated carbocycles. The van der Waals surface area contributed by atoms with Crippen LogP contribution in [0.5, 0.6) is 11.5 Å². The molecule has 0 N–H and O–H groups in total. The molecule has 0 saturated heterocycles. The molecule has 274 valence electrons. The highest BCUT2D eigenvalue weighted by Gasteiger charge is 2.32. The third-order valence-corrected chi connectivity index (χ3v) is 10.9. The van der Waals surface area contributed by atoms with Gasteiger partial charge in [0, 0.05) is 21.9 Å². The Balaban J connectivity index is 1.51. The molecule has 0 atom stereocenters. The van der Waals surface area contributed by atoms with E-state index in [1.165, 1.54) is 39.4 Å². The summed E-state index contributed by atoms with van der Waals surface area (Å²) in [6.07, 6.45) is 0.950. The Bertz CT molecular complexity index is 2480. The maximum absolute atomic E-state index is 15.4. The van der Waals surface area contributed by atoms with Crippen LogP contribution >= 0.6 is 0 Å². The van der Waals surface area contributed by atoms with Crippen LogP contribution in [-0.4, -0.2) is 11.4 Å². The topological polar surface area (TPSA) is 23.4 Å². The molecule has 8 rings (SSSR count). The fraction of sp³-hybridized carbons (Fsp3) is 0.280. The Kier molecular flexibility index (Phi) is 8.52. The highest BCUT2D eigenvalue weighted by molar-refractivity contribution is 6.11. The highest BCUT2D eigenvalue weighted by Crippen LogP contribution is 2.49. The number of hydrogen-bond acceptors (Lipinski definition) is 2. The van der Waals surface area contributed by atoms with Crippen LogP contribution in [0.1, 0.15) is 74.4 Å². The lowest BCUT2D eigenvalue weighted by Crippen LogP contribution is -2.25. The number of fused-ring (bicyclic) bond motifs is 6. The third kappa shape index (κ3) is 6.46. The number of benzene rings is 6. The van der Waals surface area contributed by atoms with E-state index in [9.17, 15) is 0 Å². The summed E-state index contributed by atoms with van der Waals surface area (Å²) in [5.41, 5.74) is 16.0. The van der Waals surface area contributed by atoms with Gasteiger partial charge in [-0.25, -0.2) is 4.39 Å². The zero-order valence-corrected chi connectivity index (χ0v) is 33.3. The van der Waals surface area contributed by atoms with E-state index in [0.717, 1.165) is 61.7 Å². The molecule has 3 nitrogen and oxygen atoms in total. The molecule has 0 fully saturated rings. The lowest BCUT2D eigenvalue weighted by Gasteiger charge is -2.34. The number of nitrogens with zero attached hydrogens (tertiary/aromatic N) is 1. The summed E-state index contributed by atoms with van der Waals surface area (Å²) in [6, 6.07) is 34.8. The van der Waals surface area contributed by atoms with E-state index in [2.05, 4.69) is 152 Å². The van der Waals surface area contributed by atoms with E-state index in [0.29, 0.717) is 17.1 Å². The van der Waals surface area contributed by atoms with Gasteiger partial charge < -0.3 is 14.0 Å². The standard InChI is InChI=1S/C50H50FNO2/c1-29-15-30(2)18-36(17-29)34-11-13-40-41-14-12-35(37-19-31(3)16-32(4)20-37)23-45(41)52(44(40)22-34)46-25-38(50(9,10)27-49(6,7)8)24-42-43-26-39(51)21-33(5)47(43)53-28-54-48(42)46/h11-26H,27-28H2,1-10H3. The third-order valence-electron chi connectivity index (χ3n) is 10.9. The number of aryl methyl sites for hydroxylation is 5. The normalized spacial score (nSPS) is 13.0. The van der Waals surface area contributed by atoms with Crippen LogP contribution < -0.4 is 9.47 Å². The zero-order chi connectivity index (χ0) is 38.3. The van der Waals surface area contributed by atoms with E-state index >= 15 is 4.39 Å². The molecule has 0 unspecified atom stereocenters. The maximum Gasteiger partial charge on any atom is 0.231 e. The first-order valence-electron chi connectivity index (χ1n) is 19.1. The minimum absolute atomic E-state index is 0.0168. The van der Waals surface area contributed by atoms with E-state index in [-0.39, 0.29) is 23.4 Å². The van der Waals surface area contributed by atoms with Gasteiger partial charge in [0.2, 0.25) is 6.79 Å². The largest absolute Gasteiger partial charge is 0.457 e. The van der Waals surface area contributed by atoms with Gasteiger partial charge in [0.15, 0.2) is 5.75 Å². The zero-order valence-electron chi connectivity index (χ0n) is 33.3. The number of rotatable bonds is 5. The first-order chi connectivity index (χ1) is 25.5. The van der Waals surface area contributed by atoms with Gasteiger partial charge >= 0.3 is 0 Å². The van der Waals surface area contributed by atoms with Crippen molar-refractivity contribution in [1.29, 1.82) is 0 Å². The summed E-state index contributed by atoms with van der Waals surface area (Å²) < 4.78 is 30.7. The van der Waals surface area contributed by atoms with Crippen LogP contribution in [0.15, 0.2) is 97.1 Å². The first kappa shape index (κ1) is 35.7. The minimum atomic E-state index is -0.295. The molecular formula is C50H50FNO2. The van der Waals surface area contributed by atoms with Gasteiger partial charge in [-0.3, -0.25) is 0 Å². The summed E-state index contributed by atoms with van der Waals surface area (Å²) in [4.78, 5) is 0. The first-order valence-corrected chi connectivity index (χ1v) is 19.1. The number of hydrogen-bond donors (Lipinski definition) is 0. The summed E-state index contributed by atoms with van der Waals surface area (Å²) in [6.45, 7) is 22.0. The second-order valence-corrected chi connectivity index (χ2v) is 17.6. The Hall–Kier alpha value is -5.35. The Labute approximate surface area is 319 Å². The van der Waals surface area contributed by atoms with Crippen molar-refractivity contribution >= 4 is 21.8 Å². The van der Waals surface area contributed by atoms with Crippen molar-refractivity contribution in [3.8, 4) is 50.6 Å². The molecule has 0 bridgehead atoms. The average Bonchev–Trinajstić information content (AvgIpc) is 3.27. The number of ether oxygens (including phenoxy) is 2. The summed E-state index contributed by atoms with van der Waals surface area (Å²) in [5, 5.41) is 2.32.